The number of fused-ring (bicyclic) bond motifs is 3. The first kappa shape index (κ1) is 8.48. The van der Waals surface area contributed by atoms with Crippen LogP contribution in [0.2, 0.25) is 0 Å². The number of hydrogen-bond acceptors (Lipinski definition) is 2. The quantitative estimate of drug-likeness (QED) is 0.647. The van der Waals surface area contributed by atoms with Crippen molar-refractivity contribution < 1.29 is 4.74 Å². The van der Waals surface area contributed by atoms with Crippen molar-refractivity contribution in [2.24, 2.45) is 0 Å². The Labute approximate surface area is 88.5 Å². The van der Waals surface area contributed by atoms with Crippen molar-refractivity contribution in [3.63, 3.8) is 0 Å². The van der Waals surface area contributed by atoms with Crippen LogP contribution < -0.4 is 4.74 Å². The molecule has 0 amide bonds. The molecule has 3 rings (SSSR count). The second-order valence-electron chi connectivity index (χ2n) is 3.70. The summed E-state index contributed by atoms with van der Waals surface area (Å²) in [5.41, 5.74) is 3.30. The molecule has 2 aromatic rings. The van der Waals surface area contributed by atoms with Gasteiger partial charge in [-0.3, -0.25) is 4.98 Å². The summed E-state index contributed by atoms with van der Waals surface area (Å²) in [6.07, 6.45) is 1.91. The Kier molecular flexibility index (Phi) is 1.75. The number of para-hydroxylation sites is 1. The third kappa shape index (κ3) is 1.22. The average Bonchev–Trinajstić information content (AvgIpc) is 2.30. The molecule has 1 aliphatic rings. The Morgan fingerprint density at radius 3 is 2.93 bits per heavy atom. The second-order valence-corrected chi connectivity index (χ2v) is 3.70. The number of ether oxygens (including phenoxy) is 1. The number of hydrogen-bond donors (Lipinski definition) is 0. The van der Waals surface area contributed by atoms with E-state index < -0.39 is 0 Å². The third-order valence-corrected chi connectivity index (χ3v) is 2.72. The molecule has 1 unspecified atom stereocenters. The topological polar surface area (TPSA) is 22.1 Å². The molecule has 2 heterocycles. The maximum atomic E-state index is 5.82. The predicted octanol–water partition coefficient (Wildman–Crippen LogP) is 3.20. The highest BCUT2D eigenvalue weighted by Gasteiger charge is 2.22. The van der Waals surface area contributed by atoms with Gasteiger partial charge in [0, 0.05) is 17.3 Å². The van der Waals surface area contributed by atoms with Gasteiger partial charge in [0.1, 0.15) is 11.9 Å². The van der Waals surface area contributed by atoms with E-state index in [4.69, 9.17) is 4.74 Å². The van der Waals surface area contributed by atoms with Crippen LogP contribution >= 0.6 is 0 Å². The van der Waals surface area contributed by atoms with E-state index in [-0.39, 0.29) is 6.10 Å². The highest BCUT2D eigenvalue weighted by atomic mass is 16.5. The van der Waals surface area contributed by atoms with Crippen LogP contribution in [-0.2, 0) is 0 Å². The van der Waals surface area contributed by atoms with Crippen LogP contribution in [0.15, 0.2) is 42.6 Å². The maximum absolute atomic E-state index is 5.82. The molecular weight excluding hydrogens is 186 g/mol. The highest BCUT2D eigenvalue weighted by molar-refractivity contribution is 5.72. The molecule has 1 aromatic heterocycles. The van der Waals surface area contributed by atoms with Crippen molar-refractivity contribution in [1.29, 1.82) is 0 Å². The Morgan fingerprint density at radius 2 is 2.00 bits per heavy atom. The lowest BCUT2D eigenvalue weighted by Gasteiger charge is -2.25. The van der Waals surface area contributed by atoms with E-state index >= 15 is 0 Å². The number of aromatic nitrogens is 1. The van der Waals surface area contributed by atoms with Gasteiger partial charge in [-0.15, -0.1) is 0 Å². The van der Waals surface area contributed by atoms with Crippen molar-refractivity contribution in [1.82, 2.24) is 4.98 Å². The normalized spacial score (nSPS) is 17.5. The second kappa shape index (κ2) is 3.09. The zero-order valence-corrected chi connectivity index (χ0v) is 8.47. The van der Waals surface area contributed by atoms with Crippen molar-refractivity contribution in [3.05, 3.63) is 48.2 Å². The summed E-state index contributed by atoms with van der Waals surface area (Å²) < 4.78 is 5.82. The van der Waals surface area contributed by atoms with Crippen LogP contribution in [-0.4, -0.2) is 4.98 Å². The largest absolute Gasteiger partial charge is 0.485 e. The van der Waals surface area contributed by atoms with Gasteiger partial charge < -0.3 is 4.74 Å². The third-order valence-electron chi connectivity index (χ3n) is 2.72. The first-order valence-electron chi connectivity index (χ1n) is 5.07. The Bertz CT molecular complexity index is 507. The molecule has 0 saturated heterocycles. The molecule has 0 spiro atoms. The molecule has 0 N–H and O–H groups in total. The van der Waals surface area contributed by atoms with Gasteiger partial charge in [0.15, 0.2) is 0 Å². The van der Waals surface area contributed by atoms with Crippen LogP contribution in [0.25, 0.3) is 11.3 Å². The van der Waals surface area contributed by atoms with Gasteiger partial charge in [0.2, 0.25) is 0 Å². The summed E-state index contributed by atoms with van der Waals surface area (Å²) in [6.45, 7) is 2.05. The van der Waals surface area contributed by atoms with E-state index in [1.54, 1.807) is 0 Å². The summed E-state index contributed by atoms with van der Waals surface area (Å²) >= 11 is 0. The lowest BCUT2D eigenvalue weighted by molar-refractivity contribution is 0.222. The van der Waals surface area contributed by atoms with E-state index in [1.165, 1.54) is 0 Å². The lowest BCUT2D eigenvalue weighted by atomic mass is 9.99. The molecule has 0 aliphatic carbocycles. The van der Waals surface area contributed by atoms with Gasteiger partial charge in [-0.1, -0.05) is 18.2 Å². The van der Waals surface area contributed by atoms with Crippen LogP contribution in [0.5, 0.6) is 5.75 Å². The summed E-state index contributed by atoms with van der Waals surface area (Å²) in [7, 11) is 0. The van der Waals surface area contributed by atoms with Crippen LogP contribution in [0.4, 0.5) is 0 Å². The van der Waals surface area contributed by atoms with Gasteiger partial charge in [-0.05, 0) is 25.1 Å². The fourth-order valence-corrected chi connectivity index (χ4v) is 1.99. The van der Waals surface area contributed by atoms with E-state index in [0.717, 1.165) is 22.6 Å². The molecule has 1 aromatic carbocycles. The standard InChI is InChI=1S/C13H11NO/c1-9-10-6-4-8-14-13(10)11-5-2-3-7-12(11)15-9/h2-9H,1H3. The number of nitrogens with zero attached hydrogens (tertiary/aromatic N) is 1. The Balaban J connectivity index is 2.30. The van der Waals surface area contributed by atoms with Crippen LogP contribution in [0.1, 0.15) is 18.6 Å². The fraction of sp³-hybridized carbons (Fsp3) is 0.154. The minimum absolute atomic E-state index is 0.0867. The van der Waals surface area contributed by atoms with E-state index in [2.05, 4.69) is 18.0 Å². The van der Waals surface area contributed by atoms with Gasteiger partial charge in [-0.2, -0.15) is 0 Å². The van der Waals surface area contributed by atoms with E-state index in [0.29, 0.717) is 0 Å². The van der Waals surface area contributed by atoms with E-state index in [9.17, 15) is 0 Å². The molecule has 15 heavy (non-hydrogen) atoms. The van der Waals surface area contributed by atoms with Gasteiger partial charge in [0.25, 0.3) is 0 Å². The van der Waals surface area contributed by atoms with Gasteiger partial charge >= 0.3 is 0 Å². The van der Waals surface area contributed by atoms with E-state index in [1.807, 2.05) is 36.5 Å². The number of benzene rings is 1. The van der Waals surface area contributed by atoms with Crippen molar-refractivity contribution in [2.45, 2.75) is 13.0 Å². The minimum atomic E-state index is 0.0867. The zero-order chi connectivity index (χ0) is 10.3. The van der Waals surface area contributed by atoms with Crippen molar-refractivity contribution in [2.75, 3.05) is 0 Å². The van der Waals surface area contributed by atoms with Gasteiger partial charge in [-0.25, -0.2) is 0 Å². The molecule has 2 nitrogen and oxygen atoms in total. The zero-order valence-electron chi connectivity index (χ0n) is 8.47. The van der Waals surface area contributed by atoms with Crippen LogP contribution in [0.3, 0.4) is 0 Å². The molecular formula is C13H11NO. The monoisotopic (exact) mass is 197 g/mol. The lowest BCUT2D eigenvalue weighted by Crippen LogP contribution is -2.11. The van der Waals surface area contributed by atoms with Crippen molar-refractivity contribution >= 4 is 0 Å². The summed E-state index contributed by atoms with van der Waals surface area (Å²) in [6, 6.07) is 12.1. The number of rotatable bonds is 0. The van der Waals surface area contributed by atoms with Crippen LogP contribution in [0, 0.1) is 0 Å². The molecule has 0 radical (unpaired) electrons. The highest BCUT2D eigenvalue weighted by Crippen LogP contribution is 2.40. The predicted molar refractivity (Wildman–Crippen MR) is 58.7 cm³/mol. The first-order chi connectivity index (χ1) is 7.36. The van der Waals surface area contributed by atoms with Crippen molar-refractivity contribution in [3.8, 4) is 17.0 Å². The van der Waals surface area contributed by atoms with Gasteiger partial charge in [0.05, 0.1) is 5.69 Å². The molecule has 2 heteroatoms. The first-order valence-corrected chi connectivity index (χ1v) is 5.07. The molecule has 74 valence electrons. The minimum Gasteiger partial charge on any atom is -0.485 e. The fourth-order valence-electron chi connectivity index (χ4n) is 1.99. The maximum Gasteiger partial charge on any atom is 0.129 e. The SMILES string of the molecule is CC1Oc2ccccc2-c2ncccc21. The average molecular weight is 197 g/mol. The molecule has 0 saturated carbocycles. The molecule has 0 fully saturated rings. The summed E-state index contributed by atoms with van der Waals surface area (Å²) in [4.78, 5) is 4.43. The summed E-state index contributed by atoms with van der Waals surface area (Å²) in [5, 5.41) is 0. The Morgan fingerprint density at radius 1 is 1.13 bits per heavy atom. The Hall–Kier alpha value is -1.83. The molecule has 0 bridgehead atoms. The summed E-state index contributed by atoms with van der Waals surface area (Å²) in [5.74, 6) is 0.927. The molecule has 1 aliphatic heterocycles. The number of pyridine rings is 1. The molecule has 1 atom stereocenters. The smallest absolute Gasteiger partial charge is 0.129 e.